The molecule has 1 saturated heterocycles. The number of rotatable bonds is 5. The summed E-state index contributed by atoms with van der Waals surface area (Å²) in [5.41, 5.74) is 0.566. The molecule has 1 heterocycles. The molecule has 0 bridgehead atoms. The number of amides is 1. The van der Waals surface area contributed by atoms with Crippen molar-refractivity contribution in [3.05, 3.63) is 35.9 Å². The van der Waals surface area contributed by atoms with Gasteiger partial charge < -0.3 is 19.9 Å². The van der Waals surface area contributed by atoms with Gasteiger partial charge in [0.05, 0.1) is 32.3 Å². The van der Waals surface area contributed by atoms with Gasteiger partial charge in [-0.25, -0.2) is 0 Å². The van der Waals surface area contributed by atoms with Crippen LogP contribution in [0.3, 0.4) is 0 Å². The third-order valence-corrected chi connectivity index (χ3v) is 3.77. The van der Waals surface area contributed by atoms with Crippen LogP contribution in [-0.2, 0) is 14.3 Å². The molecule has 1 fully saturated rings. The highest BCUT2D eigenvalue weighted by Crippen LogP contribution is 2.22. The second kappa shape index (κ2) is 7.91. The van der Waals surface area contributed by atoms with Crippen LogP contribution in [0.5, 0.6) is 0 Å². The molecular weight excluding hydrogens is 286 g/mol. The number of aliphatic hydroxyl groups excluding tert-OH is 1. The van der Waals surface area contributed by atoms with Crippen molar-refractivity contribution in [1.82, 2.24) is 5.32 Å². The normalized spacial score (nSPS) is 24.5. The Morgan fingerprint density at radius 1 is 1.32 bits per heavy atom. The molecule has 2 N–H and O–H groups in total. The maximum atomic E-state index is 12.2. The van der Waals surface area contributed by atoms with Crippen LogP contribution in [0.25, 0.3) is 0 Å². The van der Waals surface area contributed by atoms with Gasteiger partial charge >= 0.3 is 5.97 Å². The van der Waals surface area contributed by atoms with Gasteiger partial charge in [0.2, 0.25) is 0 Å². The Balaban J connectivity index is 1.92. The molecule has 120 valence electrons. The number of benzene rings is 1. The molecule has 0 aromatic heterocycles. The topological polar surface area (TPSA) is 84.9 Å². The van der Waals surface area contributed by atoms with Gasteiger partial charge in [-0.2, -0.15) is 0 Å². The number of hydrogen-bond acceptors (Lipinski definition) is 5. The van der Waals surface area contributed by atoms with Crippen LogP contribution in [0.1, 0.15) is 29.6 Å². The fourth-order valence-electron chi connectivity index (χ4n) is 2.56. The van der Waals surface area contributed by atoms with Crippen LogP contribution in [-0.4, -0.2) is 48.9 Å². The lowest BCUT2D eigenvalue weighted by molar-refractivity contribution is -0.149. The minimum absolute atomic E-state index is 0.159. The summed E-state index contributed by atoms with van der Waals surface area (Å²) in [7, 11) is 1.33. The van der Waals surface area contributed by atoms with E-state index >= 15 is 0 Å². The zero-order chi connectivity index (χ0) is 15.9. The predicted molar refractivity (Wildman–Crippen MR) is 79.3 cm³/mol. The van der Waals surface area contributed by atoms with Gasteiger partial charge in [-0.15, -0.1) is 0 Å². The van der Waals surface area contributed by atoms with Gasteiger partial charge in [0.1, 0.15) is 6.10 Å². The first kappa shape index (κ1) is 16.5. The van der Waals surface area contributed by atoms with E-state index in [1.807, 2.05) is 6.07 Å². The van der Waals surface area contributed by atoms with Gasteiger partial charge in [-0.05, 0) is 25.0 Å². The predicted octanol–water partition coefficient (Wildman–Crippen LogP) is 0.888. The van der Waals surface area contributed by atoms with Crippen LogP contribution >= 0.6 is 0 Å². The molecule has 1 aromatic rings. The van der Waals surface area contributed by atoms with E-state index in [9.17, 15) is 14.7 Å². The standard InChI is InChI=1S/C16H21NO5/c1-21-15(19)9-12-7-8-13(14(10-18)22-12)17-16(20)11-5-3-2-4-6-11/h2-6,12-14,18H,7-10H2,1H3,(H,17,20)/t12-,13+,14-/m1/s1. The molecule has 1 amide bonds. The van der Waals surface area contributed by atoms with Crippen LogP contribution in [0.15, 0.2) is 30.3 Å². The quantitative estimate of drug-likeness (QED) is 0.789. The molecule has 1 aliphatic rings. The van der Waals surface area contributed by atoms with Crippen LogP contribution in [0, 0.1) is 0 Å². The molecule has 1 aromatic carbocycles. The van der Waals surface area contributed by atoms with Gasteiger partial charge in [0.25, 0.3) is 5.91 Å². The molecule has 0 aliphatic carbocycles. The number of ether oxygens (including phenoxy) is 2. The number of nitrogens with one attached hydrogen (secondary N) is 1. The van der Waals surface area contributed by atoms with Crippen LogP contribution in [0.4, 0.5) is 0 Å². The van der Waals surface area contributed by atoms with Crippen molar-refractivity contribution in [3.8, 4) is 0 Å². The summed E-state index contributed by atoms with van der Waals surface area (Å²) in [6.45, 7) is -0.211. The van der Waals surface area contributed by atoms with E-state index in [1.165, 1.54) is 7.11 Å². The fourth-order valence-corrected chi connectivity index (χ4v) is 2.56. The maximum absolute atomic E-state index is 12.2. The summed E-state index contributed by atoms with van der Waals surface area (Å²) in [5.74, 6) is -0.535. The molecule has 1 aliphatic heterocycles. The van der Waals surface area contributed by atoms with Crippen molar-refractivity contribution >= 4 is 11.9 Å². The van der Waals surface area contributed by atoms with Gasteiger partial charge in [0, 0.05) is 5.56 Å². The third-order valence-electron chi connectivity index (χ3n) is 3.77. The smallest absolute Gasteiger partial charge is 0.308 e. The van der Waals surface area contributed by atoms with E-state index in [0.717, 1.165) is 0 Å². The second-order valence-corrected chi connectivity index (χ2v) is 5.28. The first-order valence-electron chi connectivity index (χ1n) is 7.33. The minimum atomic E-state index is -0.518. The van der Waals surface area contributed by atoms with Gasteiger partial charge in [-0.1, -0.05) is 18.2 Å². The second-order valence-electron chi connectivity index (χ2n) is 5.28. The Labute approximate surface area is 129 Å². The van der Waals surface area contributed by atoms with E-state index in [1.54, 1.807) is 24.3 Å². The highest BCUT2D eigenvalue weighted by atomic mass is 16.5. The highest BCUT2D eigenvalue weighted by molar-refractivity contribution is 5.94. The Morgan fingerprint density at radius 3 is 2.68 bits per heavy atom. The monoisotopic (exact) mass is 307 g/mol. The molecule has 6 heteroatoms. The van der Waals surface area contributed by atoms with Crippen LogP contribution in [0.2, 0.25) is 0 Å². The van der Waals surface area contributed by atoms with Crippen molar-refractivity contribution in [3.63, 3.8) is 0 Å². The lowest BCUT2D eigenvalue weighted by Gasteiger charge is -2.35. The summed E-state index contributed by atoms with van der Waals surface area (Å²) < 4.78 is 10.3. The Morgan fingerprint density at radius 2 is 2.05 bits per heavy atom. The summed E-state index contributed by atoms with van der Waals surface area (Å²) in [6.07, 6.45) is 0.633. The zero-order valence-electron chi connectivity index (χ0n) is 12.5. The van der Waals surface area contributed by atoms with E-state index in [2.05, 4.69) is 10.1 Å². The molecule has 0 saturated carbocycles. The molecule has 2 rings (SSSR count). The number of carbonyl (C=O) groups excluding carboxylic acids is 2. The molecule has 0 unspecified atom stereocenters. The SMILES string of the molecule is COC(=O)C[C@H]1CC[C@H](NC(=O)c2ccccc2)[C@@H](CO)O1. The van der Waals surface area contributed by atoms with Gasteiger partial charge in [-0.3, -0.25) is 9.59 Å². The van der Waals surface area contributed by atoms with Crippen molar-refractivity contribution in [1.29, 1.82) is 0 Å². The first-order valence-corrected chi connectivity index (χ1v) is 7.33. The van der Waals surface area contributed by atoms with E-state index in [4.69, 9.17) is 4.74 Å². The molecule has 0 spiro atoms. The summed E-state index contributed by atoms with van der Waals surface area (Å²) in [6, 6.07) is 8.62. The lowest BCUT2D eigenvalue weighted by Crippen LogP contribution is -2.51. The lowest BCUT2D eigenvalue weighted by atomic mass is 9.97. The summed E-state index contributed by atoms with van der Waals surface area (Å²) in [4.78, 5) is 23.4. The van der Waals surface area contributed by atoms with E-state index < -0.39 is 6.10 Å². The molecule has 0 radical (unpaired) electrons. The minimum Gasteiger partial charge on any atom is -0.469 e. The average molecular weight is 307 g/mol. The maximum Gasteiger partial charge on any atom is 0.308 e. The van der Waals surface area contributed by atoms with Gasteiger partial charge in [0.15, 0.2) is 0 Å². The zero-order valence-corrected chi connectivity index (χ0v) is 12.5. The molecule has 22 heavy (non-hydrogen) atoms. The summed E-state index contributed by atoms with van der Waals surface area (Å²) >= 11 is 0. The first-order chi connectivity index (χ1) is 10.6. The number of methoxy groups -OCH3 is 1. The number of carbonyl (C=O) groups is 2. The van der Waals surface area contributed by atoms with E-state index in [0.29, 0.717) is 18.4 Å². The third kappa shape index (κ3) is 4.29. The van der Waals surface area contributed by atoms with Crippen molar-refractivity contribution < 1.29 is 24.2 Å². The highest BCUT2D eigenvalue weighted by Gasteiger charge is 2.33. The average Bonchev–Trinajstić information content (AvgIpc) is 2.56. The number of hydrogen-bond donors (Lipinski definition) is 2. The number of aliphatic hydroxyl groups is 1. The molecule has 3 atom stereocenters. The Kier molecular flexibility index (Phi) is 5.91. The molecule has 6 nitrogen and oxygen atoms in total. The fraction of sp³-hybridized carbons (Fsp3) is 0.500. The van der Waals surface area contributed by atoms with Crippen molar-refractivity contribution in [2.24, 2.45) is 0 Å². The molecular formula is C16H21NO5. The van der Waals surface area contributed by atoms with E-state index in [-0.39, 0.29) is 37.0 Å². The van der Waals surface area contributed by atoms with Crippen molar-refractivity contribution in [2.75, 3.05) is 13.7 Å². The Bertz CT molecular complexity index is 505. The van der Waals surface area contributed by atoms with Crippen LogP contribution < -0.4 is 5.32 Å². The Hall–Kier alpha value is -1.92. The largest absolute Gasteiger partial charge is 0.469 e. The van der Waals surface area contributed by atoms with Crippen molar-refractivity contribution in [2.45, 2.75) is 37.5 Å². The summed E-state index contributed by atoms with van der Waals surface area (Å²) in [5, 5.41) is 12.3. The number of esters is 1.